The maximum Gasteiger partial charge on any atom is 0.0502 e. The quantitative estimate of drug-likeness (QED) is 0.816. The summed E-state index contributed by atoms with van der Waals surface area (Å²) in [4.78, 5) is 0. The third-order valence-corrected chi connectivity index (χ3v) is 3.22. The third-order valence-electron chi connectivity index (χ3n) is 2.83. The average molecular weight is 328 g/mol. The number of hydrogen-bond donors (Lipinski definition) is 2. The summed E-state index contributed by atoms with van der Waals surface area (Å²) >= 11 is -2.26. The van der Waals surface area contributed by atoms with Crippen LogP contribution in [0.25, 0.3) is 0 Å². The van der Waals surface area contributed by atoms with Gasteiger partial charge in [0.25, 0.3) is 0 Å². The Morgan fingerprint density at radius 2 is 2.18 bits per heavy atom. The minimum absolute atomic E-state index is 0. The summed E-state index contributed by atoms with van der Waals surface area (Å²) in [7, 11) is 0. The van der Waals surface area contributed by atoms with Crippen LogP contribution in [0.3, 0.4) is 0 Å². The molecule has 0 amide bonds. The van der Waals surface area contributed by atoms with Crippen molar-refractivity contribution >= 4 is 22.6 Å². The maximum atomic E-state index is 10.6. The summed E-state index contributed by atoms with van der Waals surface area (Å²) in [5.74, 6) is 0. The first kappa shape index (κ1) is 15.1. The molecule has 4 nitrogen and oxygen atoms in total. The zero-order valence-corrected chi connectivity index (χ0v) is 13.4. The molecule has 2 N–H and O–H groups in total. The second-order valence-electron chi connectivity index (χ2n) is 4.04. The van der Waals surface area contributed by atoms with Gasteiger partial charge >= 0.3 is 0 Å². The van der Waals surface area contributed by atoms with E-state index in [9.17, 15) is 8.76 Å². The number of aryl methyl sites for hydroxylation is 2. The van der Waals surface area contributed by atoms with E-state index in [4.69, 9.17) is 0 Å². The van der Waals surface area contributed by atoms with E-state index in [1.54, 1.807) is 0 Å². The van der Waals surface area contributed by atoms with Gasteiger partial charge in [0.1, 0.15) is 0 Å². The van der Waals surface area contributed by atoms with Gasteiger partial charge in [0, 0.05) is 56.2 Å². The van der Waals surface area contributed by atoms with Crippen LogP contribution in [0.5, 0.6) is 0 Å². The number of anilines is 2. The molecule has 1 aliphatic heterocycles. The summed E-state index contributed by atoms with van der Waals surface area (Å²) in [6.07, 6.45) is 3.40. The van der Waals surface area contributed by atoms with Crippen LogP contribution in [0.2, 0.25) is 0 Å². The molecule has 91 valence electrons. The smallest absolute Gasteiger partial charge is 0.0502 e. The molecule has 0 spiro atoms. The molecule has 0 bridgehead atoms. The Hall–Kier alpha value is 0.0339. The Morgan fingerprint density at radius 1 is 1.41 bits per heavy atom. The van der Waals surface area contributed by atoms with Gasteiger partial charge in [-0.1, -0.05) is 6.07 Å². The van der Waals surface area contributed by atoms with E-state index in [2.05, 4.69) is 16.1 Å². The summed E-state index contributed by atoms with van der Waals surface area (Å²) in [6, 6.07) is 3.94. The normalized spacial score (nSPS) is 15.9. The van der Waals surface area contributed by atoms with Crippen molar-refractivity contribution in [2.24, 2.45) is 0 Å². The van der Waals surface area contributed by atoms with E-state index in [1.165, 1.54) is 12.0 Å². The van der Waals surface area contributed by atoms with Crippen LogP contribution in [-0.4, -0.2) is 15.3 Å². The number of benzene rings is 1. The first-order valence-corrected chi connectivity index (χ1v) is 6.47. The fourth-order valence-electron chi connectivity index (χ4n) is 2.00. The van der Waals surface area contributed by atoms with Crippen LogP contribution >= 0.6 is 0 Å². The number of fused-ring (bicyclic) bond motifs is 1. The molecule has 1 heterocycles. The maximum absolute atomic E-state index is 10.6. The summed E-state index contributed by atoms with van der Waals surface area (Å²) < 4.78 is 23.7. The van der Waals surface area contributed by atoms with E-state index in [0.29, 0.717) is 5.69 Å². The molecule has 1 atom stereocenters. The Kier molecular flexibility index (Phi) is 6.06. The molecule has 0 saturated carbocycles. The number of hydrogen-bond acceptors (Lipinski definition) is 3. The van der Waals surface area contributed by atoms with Crippen molar-refractivity contribution in [1.29, 1.82) is 0 Å². The van der Waals surface area contributed by atoms with Crippen molar-refractivity contribution in [2.75, 3.05) is 16.6 Å². The Labute approximate surface area is 129 Å². The van der Waals surface area contributed by atoms with Crippen molar-refractivity contribution in [2.45, 2.75) is 26.2 Å². The molecule has 0 aliphatic carbocycles. The summed E-state index contributed by atoms with van der Waals surface area (Å²) in [6.45, 7) is 2.87. The van der Waals surface area contributed by atoms with E-state index >= 15 is 0 Å². The van der Waals surface area contributed by atoms with Gasteiger partial charge in [0.05, 0.1) is 5.69 Å². The zero-order valence-electron chi connectivity index (χ0n) is 9.79. The van der Waals surface area contributed by atoms with Crippen LogP contribution in [-0.2, 0) is 50.4 Å². The van der Waals surface area contributed by atoms with Gasteiger partial charge in [-0.2, -0.15) is 0 Å². The largest absolute Gasteiger partial charge is 0.755 e. The van der Waals surface area contributed by atoms with Crippen molar-refractivity contribution in [3.63, 3.8) is 0 Å². The molecule has 1 aromatic carbocycles. The first-order chi connectivity index (χ1) is 7.66. The molecular weight excluding hydrogens is 313 g/mol. The minimum Gasteiger partial charge on any atom is -0.755 e. The molecule has 17 heavy (non-hydrogen) atoms. The number of nitrogens with one attached hydrogen (secondary N) is 2. The Balaban J connectivity index is 0.00000144. The van der Waals surface area contributed by atoms with Gasteiger partial charge in [-0.05, 0) is 43.4 Å². The van der Waals surface area contributed by atoms with E-state index in [-0.39, 0.29) is 32.7 Å². The SMILES string of the molecule is Cc1cc2c(cc1NS(=O)[O-])NCCCC2.[Y]. The fraction of sp³-hybridized carbons (Fsp3) is 0.455. The molecule has 1 aliphatic rings. The third kappa shape index (κ3) is 4.02. The number of rotatable bonds is 2. The van der Waals surface area contributed by atoms with Gasteiger partial charge < -0.3 is 14.6 Å². The van der Waals surface area contributed by atoms with Crippen molar-refractivity contribution in [3.05, 3.63) is 23.3 Å². The molecular formula is C11H15N2O2SY-. The van der Waals surface area contributed by atoms with E-state index in [1.807, 2.05) is 13.0 Å². The van der Waals surface area contributed by atoms with Gasteiger partial charge in [-0.25, -0.2) is 0 Å². The van der Waals surface area contributed by atoms with Crippen LogP contribution in [0.1, 0.15) is 24.0 Å². The Bertz CT molecular complexity index is 426. The van der Waals surface area contributed by atoms with Crippen LogP contribution in [0.4, 0.5) is 11.4 Å². The van der Waals surface area contributed by atoms with Crippen LogP contribution < -0.4 is 10.0 Å². The molecule has 6 heteroatoms. The molecule has 1 unspecified atom stereocenters. The summed E-state index contributed by atoms with van der Waals surface area (Å²) in [5, 5.41) is 3.32. The van der Waals surface area contributed by atoms with Gasteiger partial charge in [-0.15, -0.1) is 0 Å². The van der Waals surface area contributed by atoms with Gasteiger partial charge in [0.2, 0.25) is 0 Å². The molecule has 1 radical (unpaired) electrons. The molecule has 2 rings (SSSR count). The van der Waals surface area contributed by atoms with Crippen LogP contribution in [0.15, 0.2) is 12.1 Å². The van der Waals surface area contributed by atoms with Gasteiger partial charge in [-0.3, -0.25) is 4.21 Å². The van der Waals surface area contributed by atoms with Crippen molar-refractivity contribution in [3.8, 4) is 0 Å². The van der Waals surface area contributed by atoms with E-state index in [0.717, 1.165) is 30.6 Å². The molecule has 1 aromatic rings. The average Bonchev–Trinajstić information content (AvgIpc) is 2.42. The van der Waals surface area contributed by atoms with Crippen LogP contribution in [0, 0.1) is 6.92 Å². The van der Waals surface area contributed by atoms with Crippen molar-refractivity contribution in [1.82, 2.24) is 0 Å². The van der Waals surface area contributed by atoms with Gasteiger partial charge in [0.15, 0.2) is 0 Å². The first-order valence-electron chi connectivity index (χ1n) is 5.40. The topological polar surface area (TPSA) is 64.2 Å². The molecule has 0 saturated heterocycles. The second-order valence-corrected chi connectivity index (χ2v) is 4.72. The predicted octanol–water partition coefficient (Wildman–Crippen LogP) is 1.95. The Morgan fingerprint density at radius 3 is 2.88 bits per heavy atom. The summed E-state index contributed by atoms with van der Waals surface area (Å²) in [5.41, 5.74) is 3.95. The monoisotopic (exact) mass is 328 g/mol. The molecule has 0 aromatic heterocycles. The van der Waals surface area contributed by atoms with E-state index < -0.39 is 11.3 Å². The fourth-order valence-corrected chi connectivity index (χ4v) is 2.40. The second kappa shape index (κ2) is 6.83. The zero-order chi connectivity index (χ0) is 11.5. The molecule has 0 fully saturated rings. The standard InChI is InChI=1S/C11H16N2O2S.Y/c1-8-6-9-4-2-3-5-12-11(9)7-10(8)13-16(14)15;/h6-7,12-13H,2-5H2,1H3,(H,14,15);/p-1. The minimum atomic E-state index is -2.26. The van der Waals surface area contributed by atoms with Crippen molar-refractivity contribution < 1.29 is 41.5 Å². The predicted molar refractivity (Wildman–Crippen MR) is 65.1 cm³/mol.